The average molecular weight is 414 g/mol. The van der Waals surface area contributed by atoms with Crippen LogP contribution in [0.3, 0.4) is 0 Å². The summed E-state index contributed by atoms with van der Waals surface area (Å²) in [4.78, 5) is 37.8. The van der Waals surface area contributed by atoms with Crippen molar-refractivity contribution in [3.63, 3.8) is 0 Å². The number of nitrogens with one attached hydrogen (secondary N) is 1. The maximum absolute atomic E-state index is 12.6. The van der Waals surface area contributed by atoms with Crippen molar-refractivity contribution in [2.75, 3.05) is 5.32 Å². The molecule has 0 spiro atoms. The summed E-state index contributed by atoms with van der Waals surface area (Å²) < 4.78 is 0.912. The lowest BCUT2D eigenvalue weighted by Gasteiger charge is -2.04. The zero-order valence-corrected chi connectivity index (χ0v) is 16.6. The van der Waals surface area contributed by atoms with Crippen LogP contribution >= 0.6 is 11.3 Å². The van der Waals surface area contributed by atoms with Gasteiger partial charge < -0.3 is 0 Å². The fraction of sp³-hybridized carbons (Fsp3) is 0.263. The first kappa shape index (κ1) is 20.3. The minimum Gasteiger partial charge on any atom is -0.298 e. The second-order valence-corrected chi connectivity index (χ2v) is 7.56. The number of aromatic nitrogens is 1. The summed E-state index contributed by atoms with van der Waals surface area (Å²) in [6, 6.07) is 7.98. The maximum atomic E-state index is 12.6. The quantitative estimate of drug-likeness (QED) is 0.427. The Morgan fingerprint density at radius 1 is 1.14 bits per heavy atom. The number of hydrogen-bond acceptors (Lipinski definition) is 7. The summed E-state index contributed by atoms with van der Waals surface area (Å²) in [5.41, 5.74) is 0.688. The molecule has 10 heteroatoms. The minimum absolute atomic E-state index is 0.101. The van der Waals surface area contributed by atoms with Gasteiger partial charge in [-0.05, 0) is 37.5 Å². The molecule has 3 rings (SSSR count). The lowest BCUT2D eigenvalue weighted by Crippen LogP contribution is -2.13. The molecule has 0 saturated carbocycles. The third kappa shape index (κ3) is 4.37. The number of nitro benzene ring substituents is 2. The molecule has 29 heavy (non-hydrogen) atoms. The average Bonchev–Trinajstić information content (AvgIpc) is 3.07. The Morgan fingerprint density at radius 3 is 2.38 bits per heavy atom. The fourth-order valence-electron chi connectivity index (χ4n) is 2.92. The first-order valence-electron chi connectivity index (χ1n) is 8.94. The van der Waals surface area contributed by atoms with Gasteiger partial charge in [0.05, 0.1) is 25.6 Å². The van der Waals surface area contributed by atoms with Crippen LogP contribution in [0.15, 0.2) is 30.3 Å². The van der Waals surface area contributed by atoms with Crippen molar-refractivity contribution in [1.29, 1.82) is 0 Å². The molecule has 0 aliphatic rings. The first-order chi connectivity index (χ1) is 13.8. The van der Waals surface area contributed by atoms with Crippen molar-refractivity contribution in [1.82, 2.24) is 4.98 Å². The van der Waals surface area contributed by atoms with Gasteiger partial charge in [-0.25, -0.2) is 4.98 Å². The molecule has 0 aliphatic carbocycles. The molecule has 3 aromatic rings. The van der Waals surface area contributed by atoms with Crippen molar-refractivity contribution >= 4 is 44.0 Å². The normalized spacial score (nSPS) is 10.8. The van der Waals surface area contributed by atoms with Crippen LogP contribution in [0.1, 0.15) is 41.3 Å². The van der Waals surface area contributed by atoms with E-state index in [0.29, 0.717) is 5.13 Å². The van der Waals surface area contributed by atoms with Crippen LogP contribution < -0.4 is 5.32 Å². The summed E-state index contributed by atoms with van der Waals surface area (Å²) in [6.45, 7) is 3.40. The highest BCUT2D eigenvalue weighted by atomic mass is 32.1. The first-order valence-corrected chi connectivity index (χ1v) is 9.76. The highest BCUT2D eigenvalue weighted by molar-refractivity contribution is 7.22. The molecule has 1 amide bonds. The largest absolute Gasteiger partial charge is 0.298 e. The highest BCUT2D eigenvalue weighted by Gasteiger charge is 2.25. The SMILES string of the molecule is CCCCc1ccc2nc(NC(=O)c3cc([N+](=O)[O-])c(C)c([N+](=O)[O-])c3)sc2c1. The molecule has 0 unspecified atom stereocenters. The van der Waals surface area contributed by atoms with E-state index >= 15 is 0 Å². The second-order valence-electron chi connectivity index (χ2n) is 6.53. The van der Waals surface area contributed by atoms with Crippen molar-refractivity contribution in [2.24, 2.45) is 0 Å². The Bertz CT molecular complexity index is 1090. The zero-order valence-electron chi connectivity index (χ0n) is 15.8. The molecule has 0 aliphatic heterocycles. The van der Waals surface area contributed by atoms with Gasteiger partial charge in [0.15, 0.2) is 5.13 Å². The molecule has 1 aromatic heterocycles. The summed E-state index contributed by atoms with van der Waals surface area (Å²) in [6.07, 6.45) is 3.14. The molecule has 1 heterocycles. The van der Waals surface area contributed by atoms with E-state index in [2.05, 4.69) is 17.2 Å². The lowest BCUT2D eigenvalue weighted by molar-refractivity contribution is -0.395. The number of amides is 1. The summed E-state index contributed by atoms with van der Waals surface area (Å²) in [5.74, 6) is -0.693. The van der Waals surface area contributed by atoms with E-state index in [1.54, 1.807) is 0 Å². The molecular formula is C19H18N4O5S. The zero-order chi connectivity index (χ0) is 21.1. The van der Waals surface area contributed by atoms with Crippen LogP contribution in [0.2, 0.25) is 0 Å². The number of carbonyl (C=O) groups excluding carboxylic acids is 1. The van der Waals surface area contributed by atoms with Crippen LogP contribution in [0, 0.1) is 27.2 Å². The van der Waals surface area contributed by atoms with Crippen LogP contribution in [-0.2, 0) is 6.42 Å². The number of hydrogen-bond donors (Lipinski definition) is 1. The molecule has 0 radical (unpaired) electrons. The summed E-state index contributed by atoms with van der Waals surface area (Å²) >= 11 is 1.28. The third-order valence-corrected chi connectivity index (χ3v) is 5.43. The molecule has 0 fully saturated rings. The van der Waals surface area contributed by atoms with Crippen LogP contribution in [0.4, 0.5) is 16.5 Å². The third-order valence-electron chi connectivity index (χ3n) is 4.50. The highest BCUT2D eigenvalue weighted by Crippen LogP contribution is 2.31. The molecule has 0 atom stereocenters. The topological polar surface area (TPSA) is 128 Å². The number of nitrogens with zero attached hydrogens (tertiary/aromatic N) is 3. The molecule has 0 bridgehead atoms. The molecule has 150 valence electrons. The number of carbonyl (C=O) groups is 1. The van der Waals surface area contributed by atoms with E-state index in [1.807, 2.05) is 18.2 Å². The van der Waals surface area contributed by atoms with Gasteiger partial charge in [0.1, 0.15) is 5.56 Å². The lowest BCUT2D eigenvalue weighted by atomic mass is 10.1. The summed E-state index contributed by atoms with van der Waals surface area (Å²) in [7, 11) is 0. The molecule has 1 N–H and O–H groups in total. The second kappa shape index (κ2) is 8.31. The van der Waals surface area contributed by atoms with Crippen molar-refractivity contribution in [3.05, 3.63) is 67.3 Å². The number of anilines is 1. The van der Waals surface area contributed by atoms with Crippen LogP contribution in [0.25, 0.3) is 10.2 Å². The maximum Gasteiger partial charge on any atom is 0.279 e. The van der Waals surface area contributed by atoms with E-state index in [4.69, 9.17) is 0 Å². The van der Waals surface area contributed by atoms with Crippen LogP contribution in [-0.4, -0.2) is 20.7 Å². The van der Waals surface area contributed by atoms with E-state index < -0.39 is 27.1 Å². The number of benzene rings is 2. The Balaban J connectivity index is 1.90. The smallest absolute Gasteiger partial charge is 0.279 e. The van der Waals surface area contributed by atoms with Crippen molar-refractivity contribution in [3.8, 4) is 0 Å². The van der Waals surface area contributed by atoms with Crippen LogP contribution in [0.5, 0.6) is 0 Å². The summed E-state index contributed by atoms with van der Waals surface area (Å²) in [5, 5.41) is 25.3. The molecular weight excluding hydrogens is 396 g/mol. The van der Waals surface area contributed by atoms with E-state index in [-0.39, 0.29) is 11.1 Å². The van der Waals surface area contributed by atoms with Gasteiger partial charge in [-0.2, -0.15) is 0 Å². The van der Waals surface area contributed by atoms with E-state index in [9.17, 15) is 25.0 Å². The Hall–Kier alpha value is -3.40. The fourth-order valence-corrected chi connectivity index (χ4v) is 3.85. The standard InChI is InChI=1S/C19H18N4O5S/c1-3-4-5-12-6-7-14-17(8-12)29-19(20-14)21-18(24)13-9-15(22(25)26)11(2)16(10-13)23(27)28/h6-10H,3-5H2,1-2H3,(H,20,21,24). The Morgan fingerprint density at radius 2 is 1.79 bits per heavy atom. The number of unbranched alkanes of at least 4 members (excludes halogenated alkanes) is 1. The number of nitro groups is 2. The number of rotatable bonds is 7. The van der Waals surface area contributed by atoms with E-state index in [1.165, 1.54) is 23.8 Å². The van der Waals surface area contributed by atoms with Crippen molar-refractivity contribution in [2.45, 2.75) is 33.1 Å². The minimum atomic E-state index is -0.741. The number of aryl methyl sites for hydroxylation is 1. The Kier molecular flexibility index (Phi) is 5.83. The van der Waals surface area contributed by atoms with Gasteiger partial charge in [-0.3, -0.25) is 30.3 Å². The Labute approximate surface area is 169 Å². The van der Waals surface area contributed by atoms with Gasteiger partial charge in [-0.1, -0.05) is 30.7 Å². The van der Waals surface area contributed by atoms with Gasteiger partial charge in [0.2, 0.25) is 0 Å². The van der Waals surface area contributed by atoms with Gasteiger partial charge >= 0.3 is 0 Å². The molecule has 0 saturated heterocycles. The van der Waals surface area contributed by atoms with Gasteiger partial charge in [0.25, 0.3) is 17.3 Å². The van der Waals surface area contributed by atoms with Crippen molar-refractivity contribution < 1.29 is 14.6 Å². The molecule has 9 nitrogen and oxygen atoms in total. The molecule has 2 aromatic carbocycles. The predicted molar refractivity (Wildman–Crippen MR) is 111 cm³/mol. The predicted octanol–water partition coefficient (Wildman–Crippen LogP) is 5.02. The van der Waals surface area contributed by atoms with E-state index in [0.717, 1.165) is 41.6 Å². The monoisotopic (exact) mass is 414 g/mol. The number of thiazole rings is 1. The van der Waals surface area contributed by atoms with Gasteiger partial charge in [-0.15, -0.1) is 0 Å². The van der Waals surface area contributed by atoms with Gasteiger partial charge in [0, 0.05) is 12.1 Å². The number of fused-ring (bicyclic) bond motifs is 1.